The van der Waals surface area contributed by atoms with E-state index in [1.807, 2.05) is 13.8 Å². The number of benzene rings is 1. The number of ether oxygens (including phenoxy) is 1. The highest BCUT2D eigenvalue weighted by molar-refractivity contribution is 6.03. The maximum atomic E-state index is 12.5. The topological polar surface area (TPSA) is 83.9 Å². The van der Waals surface area contributed by atoms with Crippen LogP contribution in [0.15, 0.2) is 18.2 Å². The Morgan fingerprint density at radius 2 is 2.05 bits per heavy atom. The Labute approximate surface area is 128 Å². The van der Waals surface area contributed by atoms with Crippen molar-refractivity contribution in [1.82, 2.24) is 0 Å². The number of fused-ring (bicyclic) bond motifs is 1. The Balaban J connectivity index is 2.44. The van der Waals surface area contributed by atoms with Crippen LogP contribution in [0.1, 0.15) is 37.6 Å². The van der Waals surface area contributed by atoms with Gasteiger partial charge in [-0.3, -0.25) is 14.4 Å². The number of hydrogen-bond donors (Lipinski definition) is 1. The van der Waals surface area contributed by atoms with Crippen LogP contribution in [0.25, 0.3) is 0 Å². The number of anilines is 1. The van der Waals surface area contributed by atoms with Gasteiger partial charge in [-0.1, -0.05) is 13.8 Å². The number of carboxylic acid groups (broad SMARTS) is 1. The fraction of sp³-hybridized carbons (Fsp3) is 0.438. The number of Topliss-reactive ketones (excluding diaryl/α,β-unsaturated/α-hetero) is 1. The zero-order valence-corrected chi connectivity index (χ0v) is 12.8. The van der Waals surface area contributed by atoms with Crippen LogP contribution in [0, 0.1) is 5.92 Å². The molecule has 0 spiro atoms. The first-order valence-corrected chi connectivity index (χ1v) is 7.16. The van der Waals surface area contributed by atoms with Crippen molar-refractivity contribution in [3.05, 3.63) is 23.8 Å². The van der Waals surface area contributed by atoms with Crippen molar-refractivity contribution in [2.24, 2.45) is 5.92 Å². The van der Waals surface area contributed by atoms with Crippen molar-refractivity contribution in [2.45, 2.75) is 33.3 Å². The van der Waals surface area contributed by atoms with E-state index in [0.717, 1.165) is 0 Å². The lowest BCUT2D eigenvalue weighted by molar-refractivity contribution is -0.136. The Morgan fingerprint density at radius 3 is 2.59 bits per heavy atom. The minimum atomic E-state index is -0.982. The average molecular weight is 305 g/mol. The Morgan fingerprint density at radius 1 is 1.36 bits per heavy atom. The van der Waals surface area contributed by atoms with Crippen LogP contribution < -0.4 is 9.64 Å². The molecule has 1 unspecified atom stereocenters. The van der Waals surface area contributed by atoms with Crippen LogP contribution in [0.4, 0.5) is 5.69 Å². The third kappa shape index (κ3) is 3.10. The first kappa shape index (κ1) is 16.0. The van der Waals surface area contributed by atoms with Gasteiger partial charge in [0.15, 0.2) is 11.9 Å². The molecule has 0 radical (unpaired) electrons. The molecule has 1 heterocycles. The number of carbonyl (C=O) groups is 3. The lowest BCUT2D eigenvalue weighted by Gasteiger charge is -2.36. The Hall–Kier alpha value is -2.37. The summed E-state index contributed by atoms with van der Waals surface area (Å²) in [5.74, 6) is -0.928. The summed E-state index contributed by atoms with van der Waals surface area (Å²) in [6.45, 7) is 5.22. The highest BCUT2D eigenvalue weighted by atomic mass is 16.5. The van der Waals surface area contributed by atoms with E-state index in [0.29, 0.717) is 17.0 Å². The van der Waals surface area contributed by atoms with Crippen LogP contribution in [0.2, 0.25) is 0 Å². The molecule has 0 aromatic heterocycles. The summed E-state index contributed by atoms with van der Waals surface area (Å²) in [6.07, 6.45) is -0.815. The average Bonchev–Trinajstić information content (AvgIpc) is 2.44. The number of hydrogen-bond acceptors (Lipinski definition) is 4. The molecule has 6 nitrogen and oxygen atoms in total. The molecule has 0 aliphatic carbocycles. The quantitative estimate of drug-likeness (QED) is 0.842. The molecule has 1 aliphatic rings. The largest absolute Gasteiger partial charge is 0.481 e. The molecule has 22 heavy (non-hydrogen) atoms. The van der Waals surface area contributed by atoms with E-state index in [1.165, 1.54) is 11.8 Å². The molecular formula is C16H19NO5. The van der Waals surface area contributed by atoms with Crippen molar-refractivity contribution in [3.63, 3.8) is 0 Å². The van der Waals surface area contributed by atoms with E-state index in [9.17, 15) is 14.4 Å². The number of aliphatic carboxylic acids is 1. The maximum Gasteiger partial charge on any atom is 0.305 e. The molecule has 118 valence electrons. The monoisotopic (exact) mass is 305 g/mol. The fourth-order valence-corrected chi connectivity index (χ4v) is 2.37. The third-order valence-electron chi connectivity index (χ3n) is 3.57. The number of carbonyl (C=O) groups excluding carboxylic acids is 2. The summed E-state index contributed by atoms with van der Waals surface area (Å²) in [6, 6.07) is 4.87. The number of ketones is 1. The van der Waals surface area contributed by atoms with E-state index >= 15 is 0 Å². The van der Waals surface area contributed by atoms with Crippen LogP contribution in [0.3, 0.4) is 0 Å². The molecule has 0 fully saturated rings. The zero-order chi connectivity index (χ0) is 16.4. The van der Waals surface area contributed by atoms with E-state index in [4.69, 9.17) is 9.84 Å². The highest BCUT2D eigenvalue weighted by Crippen LogP contribution is 2.36. The van der Waals surface area contributed by atoms with Crippen LogP contribution in [-0.2, 0) is 9.59 Å². The predicted molar refractivity (Wildman–Crippen MR) is 80.3 cm³/mol. The molecule has 0 saturated heterocycles. The van der Waals surface area contributed by atoms with E-state index in [-0.39, 0.29) is 30.6 Å². The third-order valence-corrected chi connectivity index (χ3v) is 3.57. The van der Waals surface area contributed by atoms with Crippen molar-refractivity contribution >= 4 is 23.3 Å². The van der Waals surface area contributed by atoms with Crippen LogP contribution in [0.5, 0.6) is 5.75 Å². The van der Waals surface area contributed by atoms with E-state index in [1.54, 1.807) is 18.2 Å². The van der Waals surface area contributed by atoms with Gasteiger partial charge in [-0.15, -0.1) is 0 Å². The van der Waals surface area contributed by atoms with Crippen molar-refractivity contribution in [2.75, 3.05) is 11.4 Å². The first-order chi connectivity index (χ1) is 10.3. The Bertz CT molecular complexity index is 623. The molecule has 1 amide bonds. The Kier molecular flexibility index (Phi) is 4.49. The lowest BCUT2D eigenvalue weighted by atomic mass is 10.0. The summed E-state index contributed by atoms with van der Waals surface area (Å²) in [4.78, 5) is 36.3. The van der Waals surface area contributed by atoms with Gasteiger partial charge >= 0.3 is 5.97 Å². The summed E-state index contributed by atoms with van der Waals surface area (Å²) in [5.41, 5.74) is 0.911. The smallest absolute Gasteiger partial charge is 0.305 e. The number of rotatable bonds is 5. The van der Waals surface area contributed by atoms with Crippen LogP contribution in [-0.4, -0.2) is 35.4 Å². The standard InChI is InChI=1S/C16H19NO5/c1-9(2)15-16(21)17(7-6-14(19)20)12-8-11(10(3)18)4-5-13(12)22-15/h4-5,8-9,15H,6-7H2,1-3H3,(H,19,20). The molecule has 1 aliphatic heterocycles. The molecule has 1 aromatic carbocycles. The second-order valence-electron chi connectivity index (χ2n) is 5.65. The second-order valence-corrected chi connectivity index (χ2v) is 5.65. The zero-order valence-electron chi connectivity index (χ0n) is 12.8. The summed E-state index contributed by atoms with van der Waals surface area (Å²) in [5, 5.41) is 8.87. The molecule has 2 rings (SSSR count). The summed E-state index contributed by atoms with van der Waals surface area (Å²) < 4.78 is 5.73. The van der Waals surface area contributed by atoms with Gasteiger partial charge in [0, 0.05) is 12.1 Å². The van der Waals surface area contributed by atoms with Gasteiger partial charge < -0.3 is 14.7 Å². The fourth-order valence-electron chi connectivity index (χ4n) is 2.37. The molecule has 1 N–H and O–H groups in total. The first-order valence-electron chi connectivity index (χ1n) is 7.16. The van der Waals surface area contributed by atoms with Crippen molar-refractivity contribution in [1.29, 1.82) is 0 Å². The van der Waals surface area contributed by atoms with E-state index in [2.05, 4.69) is 0 Å². The minimum Gasteiger partial charge on any atom is -0.481 e. The van der Waals surface area contributed by atoms with Crippen LogP contribution >= 0.6 is 0 Å². The molecule has 1 aromatic rings. The van der Waals surface area contributed by atoms with Gasteiger partial charge in [-0.2, -0.15) is 0 Å². The molecular weight excluding hydrogens is 286 g/mol. The molecule has 6 heteroatoms. The van der Waals surface area contributed by atoms with Gasteiger partial charge in [-0.05, 0) is 31.0 Å². The van der Waals surface area contributed by atoms with Crippen molar-refractivity contribution < 1.29 is 24.2 Å². The normalized spacial score (nSPS) is 17.2. The molecule has 0 bridgehead atoms. The summed E-state index contributed by atoms with van der Waals surface area (Å²) in [7, 11) is 0. The summed E-state index contributed by atoms with van der Waals surface area (Å²) >= 11 is 0. The number of carboxylic acids is 1. The minimum absolute atomic E-state index is 0.0412. The number of nitrogens with zero attached hydrogens (tertiary/aromatic N) is 1. The molecule has 0 saturated carbocycles. The van der Waals surface area contributed by atoms with Gasteiger partial charge in [0.1, 0.15) is 5.75 Å². The maximum absolute atomic E-state index is 12.5. The molecule has 1 atom stereocenters. The SMILES string of the molecule is CC(=O)c1ccc2c(c1)N(CCC(=O)O)C(=O)C(C(C)C)O2. The van der Waals surface area contributed by atoms with Gasteiger partial charge in [0.25, 0.3) is 5.91 Å². The van der Waals surface area contributed by atoms with E-state index < -0.39 is 12.1 Å². The van der Waals surface area contributed by atoms with Crippen molar-refractivity contribution in [3.8, 4) is 5.75 Å². The highest BCUT2D eigenvalue weighted by Gasteiger charge is 2.36. The van der Waals surface area contributed by atoms with Gasteiger partial charge in [0.2, 0.25) is 0 Å². The van der Waals surface area contributed by atoms with Gasteiger partial charge in [-0.25, -0.2) is 0 Å². The predicted octanol–water partition coefficient (Wildman–Crippen LogP) is 2.11. The second kappa shape index (κ2) is 6.17. The number of amides is 1. The van der Waals surface area contributed by atoms with Gasteiger partial charge in [0.05, 0.1) is 12.1 Å². The lowest BCUT2D eigenvalue weighted by Crippen LogP contribution is -2.49.